The first kappa shape index (κ1) is 14.6. The summed E-state index contributed by atoms with van der Waals surface area (Å²) in [6, 6.07) is 7.99. The van der Waals surface area contributed by atoms with Crippen LogP contribution in [-0.4, -0.2) is 9.91 Å². The molecule has 0 aliphatic rings. The van der Waals surface area contributed by atoms with Gasteiger partial charge >= 0.3 is 0 Å². The SMILES string of the molecule is N#C/C(=C(\Cl)c1ccc(F)cc1[N+](=O)[O-])c1ccncc1. The van der Waals surface area contributed by atoms with E-state index in [-0.39, 0.29) is 16.2 Å². The van der Waals surface area contributed by atoms with Crippen molar-refractivity contribution >= 4 is 27.9 Å². The van der Waals surface area contributed by atoms with E-state index in [1.54, 1.807) is 12.1 Å². The summed E-state index contributed by atoms with van der Waals surface area (Å²) in [4.78, 5) is 14.1. The molecule has 104 valence electrons. The zero-order valence-corrected chi connectivity index (χ0v) is 11.2. The van der Waals surface area contributed by atoms with E-state index in [9.17, 15) is 19.8 Å². The number of nitriles is 1. The van der Waals surface area contributed by atoms with Crippen molar-refractivity contribution in [2.24, 2.45) is 0 Å². The topological polar surface area (TPSA) is 79.8 Å². The van der Waals surface area contributed by atoms with Crippen molar-refractivity contribution in [2.45, 2.75) is 0 Å². The second-order valence-corrected chi connectivity index (χ2v) is 4.33. The van der Waals surface area contributed by atoms with Crippen LogP contribution in [0.4, 0.5) is 10.1 Å². The monoisotopic (exact) mass is 303 g/mol. The average Bonchev–Trinajstić information content (AvgIpc) is 2.48. The minimum Gasteiger partial charge on any atom is -0.265 e. The molecule has 21 heavy (non-hydrogen) atoms. The largest absolute Gasteiger partial charge is 0.281 e. The molecule has 2 rings (SSSR count). The summed E-state index contributed by atoms with van der Waals surface area (Å²) in [7, 11) is 0. The number of nitro benzene ring substituents is 1. The molecule has 0 amide bonds. The highest BCUT2D eigenvalue weighted by molar-refractivity contribution is 6.53. The molecule has 0 spiro atoms. The van der Waals surface area contributed by atoms with Gasteiger partial charge in [-0.1, -0.05) is 11.6 Å². The Labute approximate surface area is 124 Å². The minimum absolute atomic E-state index is 0.0172. The van der Waals surface area contributed by atoms with Gasteiger partial charge in [0.15, 0.2) is 0 Å². The predicted molar refractivity (Wildman–Crippen MR) is 75.6 cm³/mol. The molecule has 0 aliphatic heterocycles. The molecule has 0 N–H and O–H groups in total. The van der Waals surface area contributed by atoms with Crippen LogP contribution in [-0.2, 0) is 0 Å². The smallest absolute Gasteiger partial charge is 0.265 e. The summed E-state index contributed by atoms with van der Waals surface area (Å²) in [5, 5.41) is 20.1. The Kier molecular flexibility index (Phi) is 4.26. The first-order chi connectivity index (χ1) is 10.0. The van der Waals surface area contributed by atoms with E-state index in [1.807, 2.05) is 6.07 Å². The zero-order chi connectivity index (χ0) is 15.4. The number of nitro groups is 1. The van der Waals surface area contributed by atoms with E-state index in [2.05, 4.69) is 4.98 Å². The van der Waals surface area contributed by atoms with Gasteiger partial charge in [-0.3, -0.25) is 15.1 Å². The molecular formula is C14H7ClFN3O2. The van der Waals surface area contributed by atoms with Crippen molar-refractivity contribution in [1.29, 1.82) is 5.26 Å². The van der Waals surface area contributed by atoms with Crippen LogP contribution in [0, 0.1) is 27.3 Å². The Bertz CT molecular complexity index is 770. The van der Waals surface area contributed by atoms with Crippen molar-refractivity contribution in [1.82, 2.24) is 4.98 Å². The minimum atomic E-state index is -0.752. The fourth-order valence-electron chi connectivity index (χ4n) is 1.74. The molecule has 0 unspecified atom stereocenters. The van der Waals surface area contributed by atoms with Crippen molar-refractivity contribution in [3.63, 3.8) is 0 Å². The van der Waals surface area contributed by atoms with E-state index in [0.717, 1.165) is 12.1 Å². The van der Waals surface area contributed by atoms with Gasteiger partial charge in [-0.05, 0) is 29.8 Å². The Balaban J connectivity index is 2.68. The van der Waals surface area contributed by atoms with Crippen molar-refractivity contribution < 1.29 is 9.31 Å². The molecule has 1 aromatic carbocycles. The van der Waals surface area contributed by atoms with E-state index in [0.29, 0.717) is 5.56 Å². The van der Waals surface area contributed by atoms with Crippen LogP contribution in [0.1, 0.15) is 11.1 Å². The third-order valence-electron chi connectivity index (χ3n) is 2.69. The van der Waals surface area contributed by atoms with Crippen molar-refractivity contribution in [2.75, 3.05) is 0 Å². The number of hydrogen-bond donors (Lipinski definition) is 0. The van der Waals surface area contributed by atoms with Crippen LogP contribution >= 0.6 is 11.6 Å². The number of hydrogen-bond acceptors (Lipinski definition) is 4. The van der Waals surface area contributed by atoms with Gasteiger partial charge in [0.2, 0.25) is 0 Å². The molecule has 0 saturated carbocycles. The highest BCUT2D eigenvalue weighted by atomic mass is 35.5. The van der Waals surface area contributed by atoms with Gasteiger partial charge in [0.25, 0.3) is 5.69 Å². The zero-order valence-electron chi connectivity index (χ0n) is 10.5. The van der Waals surface area contributed by atoms with Gasteiger partial charge in [0, 0.05) is 12.4 Å². The fraction of sp³-hybridized carbons (Fsp3) is 0. The highest BCUT2D eigenvalue weighted by Crippen LogP contribution is 2.34. The van der Waals surface area contributed by atoms with E-state index in [4.69, 9.17) is 11.6 Å². The quantitative estimate of drug-likeness (QED) is 0.491. The summed E-state index contributed by atoms with van der Waals surface area (Å²) in [6.45, 7) is 0. The van der Waals surface area contributed by atoms with Crippen LogP contribution < -0.4 is 0 Å². The van der Waals surface area contributed by atoms with Gasteiger partial charge in [0.1, 0.15) is 11.9 Å². The molecule has 5 nitrogen and oxygen atoms in total. The Hall–Kier alpha value is -2.78. The average molecular weight is 304 g/mol. The molecule has 0 aliphatic carbocycles. The molecule has 0 fully saturated rings. The van der Waals surface area contributed by atoms with E-state index >= 15 is 0 Å². The number of halogens is 2. The normalized spacial score (nSPS) is 11.5. The van der Waals surface area contributed by atoms with Crippen molar-refractivity contribution in [3.05, 3.63) is 69.8 Å². The standard InChI is InChI=1S/C14H7ClFN3O2/c15-14(12(8-17)9-3-5-18-6-4-9)11-2-1-10(16)7-13(11)19(20)21/h1-7H/b14-12+. The second kappa shape index (κ2) is 6.11. The number of nitrogens with zero attached hydrogens (tertiary/aromatic N) is 3. The van der Waals surface area contributed by atoms with Gasteiger partial charge < -0.3 is 0 Å². The first-order valence-corrected chi connectivity index (χ1v) is 6.07. The third-order valence-corrected chi connectivity index (χ3v) is 3.09. The molecule has 0 bridgehead atoms. The van der Waals surface area contributed by atoms with Crippen LogP contribution in [0.15, 0.2) is 42.7 Å². The summed E-state index contributed by atoms with van der Waals surface area (Å²) in [5.41, 5.74) is 0.00290. The van der Waals surface area contributed by atoms with Gasteiger partial charge in [0.05, 0.1) is 27.2 Å². The number of benzene rings is 1. The number of pyridine rings is 1. The Morgan fingerprint density at radius 3 is 2.57 bits per heavy atom. The Morgan fingerprint density at radius 1 is 1.33 bits per heavy atom. The summed E-state index contributed by atoms with van der Waals surface area (Å²) in [6.07, 6.45) is 2.94. The lowest BCUT2D eigenvalue weighted by Crippen LogP contribution is -1.96. The van der Waals surface area contributed by atoms with Crippen LogP contribution in [0.3, 0.4) is 0 Å². The lowest BCUT2D eigenvalue weighted by Gasteiger charge is -2.05. The Morgan fingerprint density at radius 2 is 2.00 bits per heavy atom. The van der Waals surface area contributed by atoms with Crippen molar-refractivity contribution in [3.8, 4) is 6.07 Å². The number of aromatic nitrogens is 1. The van der Waals surface area contributed by atoms with E-state index < -0.39 is 16.4 Å². The molecule has 0 saturated heterocycles. The lowest BCUT2D eigenvalue weighted by atomic mass is 10.0. The van der Waals surface area contributed by atoms with Crippen LogP contribution in [0.5, 0.6) is 0 Å². The van der Waals surface area contributed by atoms with Crippen LogP contribution in [0.25, 0.3) is 10.6 Å². The molecular weight excluding hydrogens is 297 g/mol. The summed E-state index contributed by atoms with van der Waals surface area (Å²) in [5.74, 6) is -0.752. The summed E-state index contributed by atoms with van der Waals surface area (Å²) < 4.78 is 13.1. The maximum atomic E-state index is 13.1. The van der Waals surface area contributed by atoms with E-state index in [1.165, 1.54) is 18.5 Å². The molecule has 2 aromatic rings. The fourth-order valence-corrected chi connectivity index (χ4v) is 2.05. The third kappa shape index (κ3) is 3.04. The maximum absolute atomic E-state index is 13.1. The van der Waals surface area contributed by atoms with Gasteiger partial charge in [-0.2, -0.15) is 5.26 Å². The number of rotatable bonds is 3. The summed E-state index contributed by atoms with van der Waals surface area (Å²) >= 11 is 6.12. The second-order valence-electron chi connectivity index (χ2n) is 3.96. The molecule has 7 heteroatoms. The van der Waals surface area contributed by atoms with Crippen LogP contribution in [0.2, 0.25) is 0 Å². The van der Waals surface area contributed by atoms with Gasteiger partial charge in [-0.25, -0.2) is 4.39 Å². The maximum Gasteiger partial charge on any atom is 0.281 e. The highest BCUT2D eigenvalue weighted by Gasteiger charge is 2.20. The molecule has 0 radical (unpaired) electrons. The number of allylic oxidation sites excluding steroid dienone is 1. The molecule has 0 atom stereocenters. The lowest BCUT2D eigenvalue weighted by molar-refractivity contribution is -0.385. The predicted octanol–water partition coefficient (Wildman–Crippen LogP) is 3.76. The molecule has 1 heterocycles. The first-order valence-electron chi connectivity index (χ1n) is 5.69. The van der Waals surface area contributed by atoms with Gasteiger partial charge in [-0.15, -0.1) is 0 Å². The molecule has 1 aromatic heterocycles.